The van der Waals surface area contributed by atoms with E-state index in [9.17, 15) is 4.79 Å². The average molecular weight is 290 g/mol. The molecule has 1 unspecified atom stereocenters. The van der Waals surface area contributed by atoms with Crippen LogP contribution in [0.15, 0.2) is 30.3 Å². The van der Waals surface area contributed by atoms with E-state index in [2.05, 4.69) is 29.7 Å². The molecular formula is C17H26N2O2. The molecule has 1 aromatic carbocycles. The number of hydrogen-bond acceptors (Lipinski definition) is 3. The number of piperidine rings is 1. The van der Waals surface area contributed by atoms with E-state index >= 15 is 0 Å². The lowest BCUT2D eigenvalue weighted by molar-refractivity contribution is -0.122. The second-order valence-electron chi connectivity index (χ2n) is 5.69. The minimum absolute atomic E-state index is 0.0757. The summed E-state index contributed by atoms with van der Waals surface area (Å²) in [6.07, 6.45) is 2.87. The number of rotatable bonds is 7. The number of benzene rings is 1. The molecule has 1 atom stereocenters. The van der Waals surface area contributed by atoms with E-state index in [1.165, 1.54) is 5.56 Å². The summed E-state index contributed by atoms with van der Waals surface area (Å²) >= 11 is 0. The van der Waals surface area contributed by atoms with Crippen LogP contribution in [0.25, 0.3) is 0 Å². The molecule has 0 spiro atoms. The van der Waals surface area contributed by atoms with Crippen LogP contribution in [-0.4, -0.2) is 38.3 Å². The van der Waals surface area contributed by atoms with Crippen molar-refractivity contribution in [3.63, 3.8) is 0 Å². The van der Waals surface area contributed by atoms with Crippen LogP contribution in [0, 0.1) is 0 Å². The molecule has 4 heteroatoms. The molecule has 4 nitrogen and oxygen atoms in total. The van der Waals surface area contributed by atoms with Gasteiger partial charge in [0.25, 0.3) is 0 Å². The summed E-state index contributed by atoms with van der Waals surface area (Å²) in [5, 5.41) is 6.29. The monoisotopic (exact) mass is 290 g/mol. The van der Waals surface area contributed by atoms with Crippen molar-refractivity contribution in [3.8, 4) is 0 Å². The number of carbonyl (C=O) groups excluding carboxylic acids is 1. The average Bonchev–Trinajstić information content (AvgIpc) is 2.54. The highest BCUT2D eigenvalue weighted by molar-refractivity contribution is 5.76. The fourth-order valence-electron chi connectivity index (χ4n) is 2.54. The minimum Gasteiger partial charge on any atom is -0.378 e. The Kier molecular flexibility index (Phi) is 6.70. The first kappa shape index (κ1) is 16.0. The molecule has 2 rings (SSSR count). The maximum absolute atomic E-state index is 11.8. The Balaban J connectivity index is 1.59. The van der Waals surface area contributed by atoms with Crippen molar-refractivity contribution in [2.45, 2.75) is 38.2 Å². The van der Waals surface area contributed by atoms with Gasteiger partial charge in [-0.3, -0.25) is 4.79 Å². The van der Waals surface area contributed by atoms with Crippen LogP contribution >= 0.6 is 0 Å². The van der Waals surface area contributed by atoms with Crippen molar-refractivity contribution in [3.05, 3.63) is 35.9 Å². The zero-order chi connectivity index (χ0) is 14.9. The van der Waals surface area contributed by atoms with Crippen LogP contribution in [-0.2, 0) is 9.53 Å². The Morgan fingerprint density at radius 1 is 1.33 bits per heavy atom. The van der Waals surface area contributed by atoms with Crippen LogP contribution in [0.5, 0.6) is 0 Å². The summed E-state index contributed by atoms with van der Waals surface area (Å²) in [6.45, 7) is 5.37. The van der Waals surface area contributed by atoms with Crippen LogP contribution in [0.3, 0.4) is 0 Å². The molecule has 2 N–H and O–H groups in total. The Morgan fingerprint density at radius 3 is 2.76 bits per heavy atom. The highest BCUT2D eigenvalue weighted by atomic mass is 16.5. The number of amides is 1. The molecule has 0 bridgehead atoms. The topological polar surface area (TPSA) is 50.4 Å². The van der Waals surface area contributed by atoms with Gasteiger partial charge in [-0.25, -0.2) is 0 Å². The van der Waals surface area contributed by atoms with Crippen LogP contribution in [0.2, 0.25) is 0 Å². The maximum atomic E-state index is 11.8. The highest BCUT2D eigenvalue weighted by Crippen LogP contribution is 2.13. The van der Waals surface area contributed by atoms with E-state index < -0.39 is 0 Å². The molecule has 1 saturated heterocycles. The molecule has 1 heterocycles. The van der Waals surface area contributed by atoms with E-state index in [1.54, 1.807) is 0 Å². The van der Waals surface area contributed by atoms with Crippen molar-refractivity contribution in [2.75, 3.05) is 26.2 Å². The lowest BCUT2D eigenvalue weighted by Gasteiger charge is -2.22. The van der Waals surface area contributed by atoms with Gasteiger partial charge in [0.15, 0.2) is 0 Å². The molecule has 1 fully saturated rings. The fourth-order valence-corrected chi connectivity index (χ4v) is 2.54. The predicted octanol–water partition coefficient (Wildman–Crippen LogP) is 2.06. The molecule has 0 saturated carbocycles. The molecule has 1 amide bonds. The second-order valence-corrected chi connectivity index (χ2v) is 5.69. The molecule has 1 aliphatic heterocycles. The van der Waals surface area contributed by atoms with Crippen LogP contribution < -0.4 is 10.6 Å². The molecule has 0 aromatic heterocycles. The Hall–Kier alpha value is -1.39. The van der Waals surface area contributed by atoms with Crippen molar-refractivity contribution >= 4 is 5.91 Å². The number of nitrogens with one attached hydrogen (secondary N) is 2. The van der Waals surface area contributed by atoms with Crippen molar-refractivity contribution in [2.24, 2.45) is 0 Å². The number of carbonyl (C=O) groups is 1. The Labute approximate surface area is 127 Å². The lowest BCUT2D eigenvalue weighted by atomic mass is 10.0. The van der Waals surface area contributed by atoms with Gasteiger partial charge in [-0.2, -0.15) is 0 Å². The standard InChI is InChI=1S/C17H26N2O2/c1-14(15-5-3-2-4-6-15)13-19-17(20)9-12-21-16-7-10-18-11-8-16/h2-6,14,16,18H,7-13H2,1H3,(H,19,20). The van der Waals surface area contributed by atoms with Gasteiger partial charge in [0.1, 0.15) is 0 Å². The van der Waals surface area contributed by atoms with Gasteiger partial charge in [-0.1, -0.05) is 37.3 Å². The predicted molar refractivity (Wildman–Crippen MR) is 84.3 cm³/mol. The first-order valence-corrected chi connectivity index (χ1v) is 7.89. The van der Waals surface area contributed by atoms with Crippen molar-refractivity contribution < 1.29 is 9.53 Å². The minimum atomic E-state index is 0.0757. The molecule has 1 aliphatic rings. The lowest BCUT2D eigenvalue weighted by Crippen LogP contribution is -2.33. The van der Waals surface area contributed by atoms with E-state index in [0.717, 1.165) is 25.9 Å². The normalized spacial score (nSPS) is 17.4. The molecular weight excluding hydrogens is 264 g/mol. The van der Waals surface area contributed by atoms with Crippen LogP contribution in [0.4, 0.5) is 0 Å². The summed E-state index contributed by atoms with van der Waals surface area (Å²) < 4.78 is 5.74. The van der Waals surface area contributed by atoms with E-state index in [0.29, 0.717) is 31.6 Å². The summed E-state index contributed by atoms with van der Waals surface area (Å²) in [4.78, 5) is 11.8. The Bertz CT molecular complexity index is 416. The Morgan fingerprint density at radius 2 is 2.05 bits per heavy atom. The SMILES string of the molecule is CC(CNC(=O)CCOC1CCNCC1)c1ccccc1. The van der Waals surface area contributed by atoms with Gasteiger partial charge < -0.3 is 15.4 Å². The smallest absolute Gasteiger partial charge is 0.222 e. The summed E-state index contributed by atoms with van der Waals surface area (Å²) in [7, 11) is 0. The van der Waals surface area contributed by atoms with Gasteiger partial charge in [0.2, 0.25) is 5.91 Å². The zero-order valence-electron chi connectivity index (χ0n) is 12.8. The molecule has 0 aliphatic carbocycles. The third kappa shape index (κ3) is 5.86. The van der Waals surface area contributed by atoms with Gasteiger partial charge in [0.05, 0.1) is 12.7 Å². The van der Waals surface area contributed by atoms with Crippen molar-refractivity contribution in [1.82, 2.24) is 10.6 Å². The van der Waals surface area contributed by atoms with Gasteiger partial charge in [0, 0.05) is 13.0 Å². The van der Waals surface area contributed by atoms with Gasteiger partial charge in [-0.15, -0.1) is 0 Å². The van der Waals surface area contributed by atoms with E-state index in [1.807, 2.05) is 18.2 Å². The van der Waals surface area contributed by atoms with Crippen molar-refractivity contribution in [1.29, 1.82) is 0 Å². The van der Waals surface area contributed by atoms with Crippen LogP contribution in [0.1, 0.15) is 37.7 Å². The molecule has 116 valence electrons. The quantitative estimate of drug-likeness (QED) is 0.808. The molecule has 1 aromatic rings. The molecule has 21 heavy (non-hydrogen) atoms. The number of hydrogen-bond donors (Lipinski definition) is 2. The molecule has 0 radical (unpaired) electrons. The largest absolute Gasteiger partial charge is 0.378 e. The first-order chi connectivity index (χ1) is 10.3. The van der Waals surface area contributed by atoms with Gasteiger partial charge >= 0.3 is 0 Å². The maximum Gasteiger partial charge on any atom is 0.222 e. The second kappa shape index (κ2) is 8.80. The zero-order valence-corrected chi connectivity index (χ0v) is 12.8. The highest BCUT2D eigenvalue weighted by Gasteiger charge is 2.14. The number of ether oxygens (including phenoxy) is 1. The summed E-state index contributed by atoms with van der Waals surface area (Å²) in [5.74, 6) is 0.409. The first-order valence-electron chi connectivity index (χ1n) is 7.89. The van der Waals surface area contributed by atoms with E-state index in [-0.39, 0.29) is 5.91 Å². The summed E-state index contributed by atoms with van der Waals surface area (Å²) in [6, 6.07) is 10.3. The van der Waals surface area contributed by atoms with Gasteiger partial charge in [-0.05, 0) is 37.4 Å². The fraction of sp³-hybridized carbons (Fsp3) is 0.588. The summed E-state index contributed by atoms with van der Waals surface area (Å²) in [5.41, 5.74) is 1.25. The third-order valence-electron chi connectivity index (χ3n) is 3.94. The third-order valence-corrected chi connectivity index (χ3v) is 3.94. The van der Waals surface area contributed by atoms with E-state index in [4.69, 9.17) is 4.74 Å².